The summed E-state index contributed by atoms with van der Waals surface area (Å²) in [6, 6.07) is 18.3. The lowest BCUT2D eigenvalue weighted by molar-refractivity contribution is -0.345. The van der Waals surface area contributed by atoms with E-state index in [0.717, 1.165) is 37.1 Å². The van der Waals surface area contributed by atoms with E-state index in [1.165, 1.54) is 168 Å². The number of benzene rings is 2. The van der Waals surface area contributed by atoms with E-state index < -0.39 is 0 Å². The monoisotopic (exact) mass is 639 g/mol. The molecule has 2 heteroatoms. The summed E-state index contributed by atoms with van der Waals surface area (Å²) in [6.45, 7) is 9.17. The van der Waals surface area contributed by atoms with Crippen LogP contribution >= 0.6 is 0 Å². The molecule has 0 radical (unpaired) electrons. The normalized spacial score (nSPS) is 13.4. The second-order valence-corrected chi connectivity index (χ2v) is 14.4. The number of hydrogen-bond donors (Lipinski definition) is 0. The van der Waals surface area contributed by atoms with Crippen LogP contribution in [0.15, 0.2) is 59.7 Å². The van der Waals surface area contributed by atoms with E-state index in [-0.39, 0.29) is 0 Å². The average molecular weight is 639 g/mol. The molecule has 2 nitrogen and oxygen atoms in total. The van der Waals surface area contributed by atoms with E-state index in [0.29, 0.717) is 0 Å². The van der Waals surface area contributed by atoms with E-state index in [1.807, 2.05) is 0 Å². The molecule has 0 amide bonds. The standard InChI is InChI=1S/C45H70N2/c1-5-9-13-17-20-22-28-38-30-26-32-40(36-38)44-42(34-24-16-12-8-4)43(35-25-19-15-11-7-3)45(47(44)46)41-33-27-31-39(37-41)29-23-21-18-14-10-6-2/h26-27,30-33,36-37H,5-25,28-29,34-35H2,1-4H3. The summed E-state index contributed by atoms with van der Waals surface area (Å²) in [6.07, 6.45) is 31.5. The molecule has 47 heavy (non-hydrogen) atoms. The fourth-order valence-corrected chi connectivity index (χ4v) is 7.39. The summed E-state index contributed by atoms with van der Waals surface area (Å²) in [4.78, 5) is 0. The van der Waals surface area contributed by atoms with Crippen molar-refractivity contribution in [2.45, 2.75) is 188 Å². The van der Waals surface area contributed by atoms with Gasteiger partial charge in [-0.3, -0.25) is 0 Å². The topological polar surface area (TPSA) is 25.3 Å². The van der Waals surface area contributed by atoms with Gasteiger partial charge >= 0.3 is 0 Å². The molecular formula is C45H70N2. The van der Waals surface area contributed by atoms with E-state index in [2.05, 4.69) is 76.2 Å². The Morgan fingerprint density at radius 3 is 1.11 bits per heavy atom. The van der Waals surface area contributed by atoms with Gasteiger partial charge in [0.2, 0.25) is 11.4 Å². The number of aryl methyl sites for hydroxylation is 2. The predicted octanol–water partition coefficient (Wildman–Crippen LogP) is 15.0. The van der Waals surface area contributed by atoms with Crippen LogP contribution in [-0.4, -0.2) is 4.70 Å². The lowest BCUT2D eigenvalue weighted by Crippen LogP contribution is -2.03. The quantitative estimate of drug-likeness (QED) is 0.0687. The molecule has 1 heterocycles. The predicted molar refractivity (Wildman–Crippen MR) is 207 cm³/mol. The van der Waals surface area contributed by atoms with Crippen LogP contribution in [0, 0.1) is 0 Å². The van der Waals surface area contributed by atoms with Gasteiger partial charge in [0.1, 0.15) is 0 Å². The van der Waals surface area contributed by atoms with Crippen LogP contribution in [0.2, 0.25) is 0 Å². The third-order valence-electron chi connectivity index (χ3n) is 10.2. The van der Waals surface area contributed by atoms with Crippen LogP contribution in [0.5, 0.6) is 0 Å². The smallest absolute Gasteiger partial charge is 0.211 e. The maximum Gasteiger partial charge on any atom is 0.211 e. The molecule has 2 aromatic carbocycles. The first-order valence-corrected chi connectivity index (χ1v) is 20.3. The molecule has 0 bridgehead atoms. The van der Waals surface area contributed by atoms with E-state index >= 15 is 0 Å². The molecule has 0 spiro atoms. The van der Waals surface area contributed by atoms with Crippen molar-refractivity contribution in [3.05, 3.63) is 87.5 Å². The lowest BCUT2D eigenvalue weighted by Gasteiger charge is -2.12. The Bertz CT molecular complexity index is 1230. The second kappa shape index (κ2) is 23.8. The molecule has 2 aromatic rings. The van der Waals surface area contributed by atoms with E-state index in [4.69, 9.17) is 0 Å². The zero-order chi connectivity index (χ0) is 33.5. The Hall–Kier alpha value is -2.48. The van der Waals surface area contributed by atoms with Crippen molar-refractivity contribution < 1.29 is 4.70 Å². The third-order valence-corrected chi connectivity index (χ3v) is 10.2. The summed E-state index contributed by atoms with van der Waals surface area (Å²) < 4.78 is 1.62. The third kappa shape index (κ3) is 13.5. The maximum absolute atomic E-state index is 12.2. The number of hydrogen-bond acceptors (Lipinski definition) is 0. The van der Waals surface area contributed by atoms with Crippen molar-refractivity contribution in [3.63, 3.8) is 0 Å². The van der Waals surface area contributed by atoms with E-state index in [9.17, 15) is 5.53 Å². The molecule has 0 unspecified atom stereocenters. The van der Waals surface area contributed by atoms with Crippen LogP contribution in [0.4, 0.5) is 0 Å². The fourth-order valence-electron chi connectivity index (χ4n) is 7.39. The Labute approximate surface area is 291 Å². The summed E-state index contributed by atoms with van der Waals surface area (Å²) in [7, 11) is 0. The fraction of sp³-hybridized carbons (Fsp3) is 0.644. The highest BCUT2D eigenvalue weighted by Gasteiger charge is 2.35. The molecule has 1 aliphatic rings. The van der Waals surface area contributed by atoms with Gasteiger partial charge in [-0.25, -0.2) is 4.70 Å². The lowest BCUT2D eigenvalue weighted by atomic mass is 9.90. The minimum Gasteiger partial charge on any atom is -0.493 e. The zero-order valence-corrected chi connectivity index (χ0v) is 31.2. The van der Waals surface area contributed by atoms with Crippen molar-refractivity contribution in [2.75, 3.05) is 0 Å². The van der Waals surface area contributed by atoms with Gasteiger partial charge in [-0.2, -0.15) is 0 Å². The highest BCUT2D eigenvalue weighted by atomic mass is 15.2. The molecule has 0 fully saturated rings. The molecule has 3 rings (SSSR count). The summed E-state index contributed by atoms with van der Waals surface area (Å²) in [5.41, 5.74) is 22.3. The average Bonchev–Trinajstić information content (AvgIpc) is 3.36. The largest absolute Gasteiger partial charge is 0.493 e. The summed E-state index contributed by atoms with van der Waals surface area (Å²) >= 11 is 0. The number of rotatable bonds is 27. The van der Waals surface area contributed by atoms with Gasteiger partial charge in [-0.15, -0.1) is 0 Å². The van der Waals surface area contributed by atoms with Crippen LogP contribution in [-0.2, 0) is 12.8 Å². The SMILES string of the molecule is CCCCCCCCc1cccc(C2=C(CCCCCC)C(CCCCCCC)=C(c3cccc(CCCCCCCC)c3)[N+]2=[N-])c1. The van der Waals surface area contributed by atoms with Crippen LogP contribution in [0.1, 0.15) is 198 Å². The van der Waals surface area contributed by atoms with Crippen LogP contribution in [0.3, 0.4) is 0 Å². The summed E-state index contributed by atoms with van der Waals surface area (Å²) in [5.74, 6) is 0. The van der Waals surface area contributed by atoms with Crippen molar-refractivity contribution in [3.8, 4) is 0 Å². The van der Waals surface area contributed by atoms with Gasteiger partial charge in [0.25, 0.3) is 0 Å². The Balaban J connectivity index is 1.92. The zero-order valence-electron chi connectivity index (χ0n) is 31.2. The van der Waals surface area contributed by atoms with Gasteiger partial charge in [-0.1, -0.05) is 161 Å². The van der Waals surface area contributed by atoms with Crippen molar-refractivity contribution in [2.24, 2.45) is 0 Å². The first kappa shape index (κ1) is 39.0. The number of unbranched alkanes of at least 4 members (excludes halogenated alkanes) is 17. The Morgan fingerprint density at radius 2 is 0.723 bits per heavy atom. The molecule has 0 saturated carbocycles. The highest BCUT2D eigenvalue weighted by molar-refractivity contribution is 5.82. The van der Waals surface area contributed by atoms with Gasteiger partial charge in [0, 0.05) is 22.3 Å². The first-order valence-electron chi connectivity index (χ1n) is 20.3. The van der Waals surface area contributed by atoms with Gasteiger partial charge in [0.05, 0.1) is 0 Å². The van der Waals surface area contributed by atoms with Crippen LogP contribution < -0.4 is 0 Å². The molecule has 0 atom stereocenters. The number of nitrogens with zero attached hydrogens (tertiary/aromatic N) is 2. The van der Waals surface area contributed by atoms with Gasteiger partial charge in [-0.05, 0) is 86.8 Å². The molecule has 0 aliphatic carbocycles. The van der Waals surface area contributed by atoms with E-state index in [1.54, 1.807) is 4.70 Å². The Kier molecular flexibility index (Phi) is 19.7. The highest BCUT2D eigenvalue weighted by Crippen LogP contribution is 2.45. The summed E-state index contributed by atoms with van der Waals surface area (Å²) in [5, 5.41) is 0. The Morgan fingerprint density at radius 1 is 0.404 bits per heavy atom. The molecule has 260 valence electrons. The molecule has 0 aromatic heterocycles. The molecular weight excluding hydrogens is 569 g/mol. The molecule has 0 saturated heterocycles. The molecule has 1 aliphatic heterocycles. The number of allylic oxidation sites excluding steroid dienone is 2. The van der Waals surface area contributed by atoms with Gasteiger partial charge < -0.3 is 5.53 Å². The first-order chi connectivity index (χ1) is 23.1. The molecule has 0 N–H and O–H groups in total. The minimum atomic E-state index is 1.04. The minimum absolute atomic E-state index is 1.04. The van der Waals surface area contributed by atoms with Crippen molar-refractivity contribution in [1.29, 1.82) is 0 Å². The van der Waals surface area contributed by atoms with Crippen molar-refractivity contribution >= 4 is 11.4 Å². The van der Waals surface area contributed by atoms with Gasteiger partial charge in [0.15, 0.2) is 0 Å². The van der Waals surface area contributed by atoms with Crippen molar-refractivity contribution in [1.82, 2.24) is 0 Å². The second-order valence-electron chi connectivity index (χ2n) is 14.4. The maximum atomic E-state index is 12.2. The van der Waals surface area contributed by atoms with Crippen LogP contribution in [0.25, 0.3) is 16.9 Å².